The smallest absolute Gasteiger partial charge is 0.123 e. The van der Waals surface area contributed by atoms with Gasteiger partial charge in [0.1, 0.15) is 11.4 Å². The van der Waals surface area contributed by atoms with Crippen molar-refractivity contribution in [1.29, 1.82) is 0 Å². The number of halogens is 2. The zero-order chi connectivity index (χ0) is 11.6. The highest BCUT2D eigenvalue weighted by Gasteiger charge is 2.36. The maximum atomic E-state index is 13.1. The molecule has 0 saturated heterocycles. The lowest BCUT2D eigenvalue weighted by molar-refractivity contribution is 0.121. The average Bonchev–Trinajstić information content (AvgIpc) is 2.67. The molecular formula is C13H17ClFNO. The van der Waals surface area contributed by atoms with Gasteiger partial charge in [0.2, 0.25) is 0 Å². The molecule has 94 valence electrons. The van der Waals surface area contributed by atoms with E-state index in [2.05, 4.69) is 4.99 Å². The molecule has 17 heavy (non-hydrogen) atoms. The Balaban J connectivity index is 0.00000144. The van der Waals surface area contributed by atoms with Gasteiger partial charge in [-0.2, -0.15) is 0 Å². The van der Waals surface area contributed by atoms with Crippen molar-refractivity contribution in [3.05, 3.63) is 35.6 Å². The summed E-state index contributed by atoms with van der Waals surface area (Å²) in [7, 11) is 1.65. The lowest BCUT2D eigenvalue weighted by Gasteiger charge is -2.24. The van der Waals surface area contributed by atoms with E-state index in [1.54, 1.807) is 19.2 Å². The number of aliphatic hydroxyl groups is 1. The minimum atomic E-state index is -0.859. The molecule has 0 atom stereocenters. The summed E-state index contributed by atoms with van der Waals surface area (Å²) in [4.78, 5) is 4.15. The summed E-state index contributed by atoms with van der Waals surface area (Å²) >= 11 is 0. The molecule has 0 aliphatic heterocycles. The molecule has 1 fully saturated rings. The molecule has 2 rings (SSSR count). The summed E-state index contributed by atoms with van der Waals surface area (Å²) in [6, 6.07) is 6.27. The van der Waals surface area contributed by atoms with Crippen LogP contribution < -0.4 is 0 Å². The molecule has 4 heteroatoms. The molecule has 1 aliphatic carbocycles. The predicted octanol–water partition coefficient (Wildman–Crippen LogP) is 2.97. The van der Waals surface area contributed by atoms with E-state index >= 15 is 0 Å². The van der Waals surface area contributed by atoms with E-state index in [1.165, 1.54) is 12.1 Å². The van der Waals surface area contributed by atoms with Gasteiger partial charge in [-0.15, -0.1) is 12.4 Å². The van der Waals surface area contributed by atoms with Crippen molar-refractivity contribution in [2.24, 2.45) is 4.99 Å². The second-order valence-electron chi connectivity index (χ2n) is 4.32. The van der Waals surface area contributed by atoms with Crippen LogP contribution in [0.1, 0.15) is 31.2 Å². The minimum absolute atomic E-state index is 0. The van der Waals surface area contributed by atoms with Crippen LogP contribution in [0.25, 0.3) is 0 Å². The normalized spacial score (nSPS) is 18.9. The van der Waals surface area contributed by atoms with E-state index in [9.17, 15) is 9.50 Å². The second-order valence-corrected chi connectivity index (χ2v) is 4.32. The molecule has 0 spiro atoms. The first-order valence-corrected chi connectivity index (χ1v) is 5.61. The molecule has 2 nitrogen and oxygen atoms in total. The largest absolute Gasteiger partial charge is 0.384 e. The molecule has 0 radical (unpaired) electrons. The Labute approximate surface area is 107 Å². The number of benzene rings is 1. The predicted molar refractivity (Wildman–Crippen MR) is 69.5 cm³/mol. The molecule has 1 aromatic rings. The van der Waals surface area contributed by atoms with E-state index in [0.29, 0.717) is 11.3 Å². The van der Waals surface area contributed by atoms with E-state index in [4.69, 9.17) is 0 Å². The molecular weight excluding hydrogens is 241 g/mol. The maximum absolute atomic E-state index is 13.1. The Morgan fingerprint density at radius 3 is 2.53 bits per heavy atom. The van der Waals surface area contributed by atoms with Crippen LogP contribution in [-0.2, 0) is 0 Å². The lowest BCUT2D eigenvalue weighted by atomic mass is 9.90. The van der Waals surface area contributed by atoms with Crippen molar-refractivity contribution >= 4 is 18.1 Å². The third kappa shape index (κ3) is 2.85. The molecule has 1 saturated carbocycles. The van der Waals surface area contributed by atoms with Gasteiger partial charge in [0, 0.05) is 12.6 Å². The monoisotopic (exact) mass is 257 g/mol. The van der Waals surface area contributed by atoms with Crippen LogP contribution in [0.5, 0.6) is 0 Å². The van der Waals surface area contributed by atoms with Gasteiger partial charge < -0.3 is 5.11 Å². The number of hydrogen-bond donors (Lipinski definition) is 1. The molecule has 1 aromatic carbocycles. The Morgan fingerprint density at radius 1 is 1.35 bits per heavy atom. The molecule has 1 aliphatic rings. The molecule has 0 aromatic heterocycles. The van der Waals surface area contributed by atoms with Crippen molar-refractivity contribution in [2.75, 3.05) is 7.05 Å². The van der Waals surface area contributed by atoms with Gasteiger partial charge >= 0.3 is 0 Å². The molecule has 0 bridgehead atoms. The van der Waals surface area contributed by atoms with Crippen LogP contribution in [0, 0.1) is 5.82 Å². The SMILES string of the molecule is CN=C(c1cccc(F)c1)C1(O)CCCC1.Cl. The Bertz CT molecular complexity index is 414. The fraction of sp³-hybridized carbons (Fsp3) is 0.462. The fourth-order valence-electron chi connectivity index (χ4n) is 2.44. The number of hydrogen-bond acceptors (Lipinski definition) is 2. The fourth-order valence-corrected chi connectivity index (χ4v) is 2.44. The zero-order valence-electron chi connectivity index (χ0n) is 9.82. The highest BCUT2D eigenvalue weighted by molar-refractivity contribution is 6.06. The van der Waals surface area contributed by atoms with E-state index in [1.807, 2.05) is 0 Å². The highest BCUT2D eigenvalue weighted by Crippen LogP contribution is 2.33. The van der Waals surface area contributed by atoms with E-state index in [0.717, 1.165) is 25.7 Å². The topological polar surface area (TPSA) is 32.6 Å². The van der Waals surface area contributed by atoms with Crippen LogP contribution in [0.3, 0.4) is 0 Å². The van der Waals surface area contributed by atoms with Crippen LogP contribution in [0.15, 0.2) is 29.3 Å². The van der Waals surface area contributed by atoms with Crippen LogP contribution in [-0.4, -0.2) is 23.5 Å². The minimum Gasteiger partial charge on any atom is -0.384 e. The van der Waals surface area contributed by atoms with Gasteiger partial charge in [-0.1, -0.05) is 25.0 Å². The Morgan fingerprint density at radius 2 is 2.00 bits per heavy atom. The summed E-state index contributed by atoms with van der Waals surface area (Å²) in [6.45, 7) is 0. The van der Waals surface area contributed by atoms with Crippen LogP contribution in [0.4, 0.5) is 4.39 Å². The summed E-state index contributed by atoms with van der Waals surface area (Å²) in [5.41, 5.74) is 0.444. The number of nitrogens with zero attached hydrogens (tertiary/aromatic N) is 1. The molecule has 0 heterocycles. The van der Waals surface area contributed by atoms with Crippen LogP contribution >= 0.6 is 12.4 Å². The van der Waals surface area contributed by atoms with Crippen molar-refractivity contribution in [3.8, 4) is 0 Å². The summed E-state index contributed by atoms with van der Waals surface area (Å²) in [5.74, 6) is -0.291. The highest BCUT2D eigenvalue weighted by atomic mass is 35.5. The number of rotatable bonds is 2. The molecule has 0 amide bonds. The maximum Gasteiger partial charge on any atom is 0.123 e. The second kappa shape index (κ2) is 5.61. The molecule has 0 unspecified atom stereocenters. The Kier molecular flexibility index (Phi) is 4.66. The standard InChI is InChI=1S/C13H16FNO.ClH/c1-15-12(13(16)7-2-3-8-13)10-5-4-6-11(14)9-10;/h4-6,9,16H,2-3,7-8H2,1H3;1H. The van der Waals surface area contributed by atoms with Gasteiger partial charge in [-0.05, 0) is 25.0 Å². The number of aliphatic imine (C=N–C) groups is 1. The third-order valence-corrected chi connectivity index (χ3v) is 3.19. The quantitative estimate of drug-likeness (QED) is 0.812. The zero-order valence-corrected chi connectivity index (χ0v) is 10.6. The van der Waals surface area contributed by atoms with Crippen molar-refractivity contribution in [1.82, 2.24) is 0 Å². The molecule has 1 N–H and O–H groups in total. The van der Waals surface area contributed by atoms with Gasteiger partial charge in [-0.3, -0.25) is 4.99 Å². The first-order valence-electron chi connectivity index (χ1n) is 5.61. The summed E-state index contributed by atoms with van der Waals surface area (Å²) in [6.07, 6.45) is 3.45. The Hall–Kier alpha value is -0.930. The van der Waals surface area contributed by atoms with Crippen molar-refractivity contribution in [3.63, 3.8) is 0 Å². The first-order chi connectivity index (χ1) is 7.65. The lowest BCUT2D eigenvalue weighted by Crippen LogP contribution is -2.36. The van der Waals surface area contributed by atoms with E-state index < -0.39 is 5.60 Å². The van der Waals surface area contributed by atoms with Crippen molar-refractivity contribution in [2.45, 2.75) is 31.3 Å². The van der Waals surface area contributed by atoms with E-state index in [-0.39, 0.29) is 18.2 Å². The van der Waals surface area contributed by atoms with Gasteiger partial charge in [0.15, 0.2) is 0 Å². The van der Waals surface area contributed by atoms with Gasteiger partial charge in [0.25, 0.3) is 0 Å². The summed E-state index contributed by atoms with van der Waals surface area (Å²) < 4.78 is 13.1. The van der Waals surface area contributed by atoms with Crippen LogP contribution in [0.2, 0.25) is 0 Å². The van der Waals surface area contributed by atoms with Crippen molar-refractivity contribution < 1.29 is 9.50 Å². The summed E-state index contributed by atoms with van der Waals surface area (Å²) in [5, 5.41) is 10.4. The van der Waals surface area contributed by atoms with Gasteiger partial charge in [-0.25, -0.2) is 4.39 Å². The average molecular weight is 258 g/mol. The van der Waals surface area contributed by atoms with Gasteiger partial charge in [0.05, 0.1) is 5.71 Å². The first kappa shape index (κ1) is 14.1. The third-order valence-electron chi connectivity index (χ3n) is 3.19.